The lowest BCUT2D eigenvalue weighted by atomic mass is 10.0. The summed E-state index contributed by atoms with van der Waals surface area (Å²) in [4.78, 5) is 26.1. The summed E-state index contributed by atoms with van der Waals surface area (Å²) in [5.41, 5.74) is 4.78. The molecule has 0 unspecified atom stereocenters. The van der Waals surface area contributed by atoms with Gasteiger partial charge in [0.1, 0.15) is 5.58 Å². The van der Waals surface area contributed by atoms with Crippen molar-refractivity contribution in [2.24, 2.45) is 0 Å². The zero-order chi connectivity index (χ0) is 26.5. The van der Waals surface area contributed by atoms with E-state index in [1.165, 1.54) is 0 Å². The summed E-state index contributed by atoms with van der Waals surface area (Å²) in [6.07, 6.45) is 0.595. The van der Waals surface area contributed by atoms with E-state index in [-0.39, 0.29) is 23.7 Å². The van der Waals surface area contributed by atoms with Crippen LogP contribution in [0.3, 0.4) is 0 Å². The smallest absolute Gasteiger partial charge is 0.257 e. The molecule has 0 atom stereocenters. The Morgan fingerprint density at radius 2 is 1.62 bits per heavy atom. The van der Waals surface area contributed by atoms with Crippen molar-refractivity contribution in [3.63, 3.8) is 0 Å². The Morgan fingerprint density at radius 3 is 2.32 bits per heavy atom. The normalized spacial score (nSPS) is 10.8. The van der Waals surface area contributed by atoms with E-state index >= 15 is 0 Å². The summed E-state index contributed by atoms with van der Waals surface area (Å²) >= 11 is 0. The van der Waals surface area contributed by atoms with Gasteiger partial charge in [-0.05, 0) is 62.1 Å². The summed E-state index contributed by atoms with van der Waals surface area (Å²) in [5, 5.41) is 3.27. The summed E-state index contributed by atoms with van der Waals surface area (Å²) in [5.74, 6) is 1.27. The second kappa shape index (κ2) is 11.2. The number of methoxy groups -OCH3 is 2. The van der Waals surface area contributed by atoms with E-state index in [0.717, 1.165) is 22.3 Å². The van der Waals surface area contributed by atoms with Crippen molar-refractivity contribution in [1.29, 1.82) is 0 Å². The van der Waals surface area contributed by atoms with Crippen LogP contribution in [-0.2, 0) is 11.2 Å². The number of hydrogen-bond donors (Lipinski definition) is 1. The Morgan fingerprint density at radius 1 is 0.892 bits per heavy atom. The lowest BCUT2D eigenvalue weighted by Gasteiger charge is -2.13. The highest BCUT2D eigenvalue weighted by molar-refractivity contribution is 5.85. The van der Waals surface area contributed by atoms with Gasteiger partial charge in [0.2, 0.25) is 11.2 Å². The summed E-state index contributed by atoms with van der Waals surface area (Å²) < 4.78 is 22.6. The van der Waals surface area contributed by atoms with E-state index in [0.29, 0.717) is 46.8 Å². The van der Waals surface area contributed by atoms with Gasteiger partial charge in [-0.1, -0.05) is 42.0 Å². The number of fused-ring (bicyclic) bond motifs is 1. The fourth-order valence-electron chi connectivity index (χ4n) is 4.23. The van der Waals surface area contributed by atoms with Gasteiger partial charge in [0.25, 0.3) is 5.91 Å². The lowest BCUT2D eigenvalue weighted by molar-refractivity contribution is -0.123. The average molecular weight is 502 g/mol. The van der Waals surface area contributed by atoms with Crippen LogP contribution in [-0.4, -0.2) is 33.3 Å². The van der Waals surface area contributed by atoms with Gasteiger partial charge >= 0.3 is 0 Å². The lowest BCUT2D eigenvalue weighted by Crippen LogP contribution is -2.31. The van der Waals surface area contributed by atoms with E-state index in [1.807, 2.05) is 69.3 Å². The summed E-state index contributed by atoms with van der Waals surface area (Å²) in [6.45, 7) is 5.89. The molecule has 0 aliphatic rings. The number of hydrogen-bond acceptors (Lipinski definition) is 6. The molecule has 0 radical (unpaired) electrons. The standard InChI is InChI=1S/C30H31NO6/c1-18-6-9-22(10-7-18)29-30(27(33)23-15-19(2)14-20(3)28(23)37-29)36-17-26(32)31-13-12-21-8-11-24(34-4)25(16-21)35-5/h6-11,14-16H,12-13,17H2,1-5H3,(H,31,32). The highest BCUT2D eigenvalue weighted by Gasteiger charge is 2.20. The Balaban J connectivity index is 1.52. The van der Waals surface area contributed by atoms with Gasteiger partial charge in [-0.3, -0.25) is 9.59 Å². The van der Waals surface area contributed by atoms with E-state index in [9.17, 15) is 9.59 Å². The van der Waals surface area contributed by atoms with Crippen LogP contribution in [0, 0.1) is 20.8 Å². The monoisotopic (exact) mass is 501 g/mol. The van der Waals surface area contributed by atoms with Gasteiger partial charge < -0.3 is 23.9 Å². The zero-order valence-electron chi connectivity index (χ0n) is 21.8. The molecule has 4 aromatic rings. The number of amides is 1. The molecule has 1 heterocycles. The number of aryl methyl sites for hydroxylation is 3. The molecule has 4 rings (SSSR count). The van der Waals surface area contributed by atoms with Gasteiger partial charge in [0.05, 0.1) is 19.6 Å². The topological polar surface area (TPSA) is 87.0 Å². The maximum Gasteiger partial charge on any atom is 0.257 e. The van der Waals surface area contributed by atoms with Crippen LogP contribution < -0.4 is 25.0 Å². The first-order chi connectivity index (χ1) is 17.8. The molecule has 1 amide bonds. The molecule has 0 aliphatic heterocycles. The molecule has 7 heteroatoms. The molecule has 37 heavy (non-hydrogen) atoms. The SMILES string of the molecule is COc1ccc(CCNC(=O)COc2c(-c3ccc(C)cc3)oc3c(C)cc(C)cc3c2=O)cc1OC. The first-order valence-corrected chi connectivity index (χ1v) is 12.1. The van der Waals surface area contributed by atoms with Crippen LogP contribution in [0.15, 0.2) is 63.8 Å². The molecule has 1 N–H and O–H groups in total. The fraction of sp³-hybridized carbons (Fsp3) is 0.267. The average Bonchev–Trinajstić information content (AvgIpc) is 2.89. The van der Waals surface area contributed by atoms with Gasteiger partial charge in [-0.15, -0.1) is 0 Å². The maximum absolute atomic E-state index is 13.5. The van der Waals surface area contributed by atoms with Crippen LogP contribution in [0.2, 0.25) is 0 Å². The molecule has 0 spiro atoms. The van der Waals surface area contributed by atoms with Gasteiger partial charge in [0.15, 0.2) is 23.9 Å². The molecule has 0 aliphatic carbocycles. The highest BCUT2D eigenvalue weighted by Crippen LogP contribution is 2.33. The minimum Gasteiger partial charge on any atom is -0.493 e. The van der Waals surface area contributed by atoms with Crippen molar-refractivity contribution in [3.8, 4) is 28.6 Å². The van der Waals surface area contributed by atoms with Gasteiger partial charge in [-0.2, -0.15) is 0 Å². The molecule has 1 aromatic heterocycles. The van der Waals surface area contributed by atoms with Crippen LogP contribution >= 0.6 is 0 Å². The number of rotatable bonds is 9. The number of nitrogens with one attached hydrogen (secondary N) is 1. The molecule has 0 fully saturated rings. The van der Waals surface area contributed by atoms with E-state index in [2.05, 4.69) is 5.32 Å². The molecular weight excluding hydrogens is 470 g/mol. The van der Waals surface area contributed by atoms with Crippen molar-refractivity contribution < 1.29 is 23.4 Å². The third kappa shape index (κ3) is 5.77. The Hall–Kier alpha value is -4.26. The third-order valence-electron chi connectivity index (χ3n) is 6.13. The maximum atomic E-state index is 13.5. The Bertz CT molecular complexity index is 1490. The fourth-order valence-corrected chi connectivity index (χ4v) is 4.23. The first-order valence-electron chi connectivity index (χ1n) is 12.1. The van der Waals surface area contributed by atoms with Crippen LogP contribution in [0.5, 0.6) is 17.2 Å². The molecule has 3 aromatic carbocycles. The van der Waals surface area contributed by atoms with Crippen molar-refractivity contribution in [3.05, 3.63) is 87.1 Å². The van der Waals surface area contributed by atoms with Crippen molar-refractivity contribution >= 4 is 16.9 Å². The van der Waals surface area contributed by atoms with Crippen molar-refractivity contribution in [1.82, 2.24) is 5.32 Å². The quantitative estimate of drug-likeness (QED) is 0.342. The van der Waals surface area contributed by atoms with E-state index in [4.69, 9.17) is 18.6 Å². The van der Waals surface area contributed by atoms with E-state index < -0.39 is 0 Å². The first kappa shape index (κ1) is 25.8. The minimum atomic E-state index is -0.338. The number of ether oxygens (including phenoxy) is 3. The highest BCUT2D eigenvalue weighted by atomic mass is 16.5. The Labute approximate surface area is 216 Å². The number of benzene rings is 3. The molecule has 0 saturated carbocycles. The van der Waals surface area contributed by atoms with Crippen LogP contribution in [0.25, 0.3) is 22.3 Å². The third-order valence-corrected chi connectivity index (χ3v) is 6.13. The Kier molecular flexibility index (Phi) is 7.82. The van der Waals surface area contributed by atoms with Crippen LogP contribution in [0.1, 0.15) is 22.3 Å². The molecule has 0 saturated heterocycles. The van der Waals surface area contributed by atoms with Crippen molar-refractivity contribution in [2.45, 2.75) is 27.2 Å². The molecule has 7 nitrogen and oxygen atoms in total. The molecule has 0 bridgehead atoms. The molecule has 192 valence electrons. The summed E-state index contributed by atoms with van der Waals surface area (Å²) in [7, 11) is 3.16. The number of carbonyl (C=O) groups excluding carboxylic acids is 1. The predicted molar refractivity (Wildman–Crippen MR) is 144 cm³/mol. The second-order valence-corrected chi connectivity index (χ2v) is 8.99. The van der Waals surface area contributed by atoms with Gasteiger partial charge in [0, 0.05) is 12.1 Å². The summed E-state index contributed by atoms with van der Waals surface area (Å²) in [6, 6.07) is 17.0. The van der Waals surface area contributed by atoms with Gasteiger partial charge in [-0.25, -0.2) is 0 Å². The number of carbonyl (C=O) groups is 1. The predicted octanol–water partition coefficient (Wildman–Crippen LogP) is 5.14. The van der Waals surface area contributed by atoms with E-state index in [1.54, 1.807) is 20.3 Å². The van der Waals surface area contributed by atoms with Crippen molar-refractivity contribution in [2.75, 3.05) is 27.4 Å². The zero-order valence-corrected chi connectivity index (χ0v) is 21.8. The largest absolute Gasteiger partial charge is 0.493 e. The van der Waals surface area contributed by atoms with Crippen LogP contribution in [0.4, 0.5) is 0 Å². The second-order valence-electron chi connectivity index (χ2n) is 8.99. The minimum absolute atomic E-state index is 0.0244. The molecular formula is C30H31NO6.